The van der Waals surface area contributed by atoms with Crippen LogP contribution in [-0.4, -0.2) is 4.57 Å². The van der Waals surface area contributed by atoms with E-state index < -0.39 is 0 Å². The Kier molecular flexibility index (Phi) is 8.22. The highest BCUT2D eigenvalue weighted by Crippen LogP contribution is 2.62. The van der Waals surface area contributed by atoms with E-state index in [1.807, 2.05) is 0 Å². The highest BCUT2D eigenvalue weighted by atomic mass is 15.1. The SMILES string of the molecule is C[C@H]1C[C@@H]2C[C@@H]3C=C2C(c2ccc(-c4ccc(N(c5cccc(-c6ccccc6-n6c7ccccc7c7ccccc76)c5)c5cc6ccccc6c6ccccc56)cc4)cc2)(C1)C3. The number of aromatic nitrogens is 1. The molecule has 63 heavy (non-hydrogen) atoms. The first-order valence-electron chi connectivity index (χ1n) is 22.9. The van der Waals surface area contributed by atoms with Gasteiger partial charge in [-0.15, -0.1) is 0 Å². The number of hydrogen-bond acceptors (Lipinski definition) is 1. The lowest BCUT2D eigenvalue weighted by Gasteiger charge is -2.47. The minimum absolute atomic E-state index is 0.259. The van der Waals surface area contributed by atoms with Crippen LogP contribution in [-0.2, 0) is 5.41 Å². The summed E-state index contributed by atoms with van der Waals surface area (Å²) in [6.07, 6.45) is 8.03. The van der Waals surface area contributed by atoms with Crippen molar-refractivity contribution in [2.45, 2.75) is 38.0 Å². The third kappa shape index (κ3) is 5.70. The normalized spacial score (nSPS) is 20.2. The van der Waals surface area contributed by atoms with E-state index in [0.717, 1.165) is 34.8 Å². The maximum atomic E-state index is 2.66. The summed E-state index contributed by atoms with van der Waals surface area (Å²) in [4.78, 5) is 2.47. The molecule has 2 nitrogen and oxygen atoms in total. The van der Waals surface area contributed by atoms with Gasteiger partial charge in [-0.3, -0.25) is 0 Å². The lowest BCUT2D eigenvalue weighted by atomic mass is 9.56. The predicted octanol–water partition coefficient (Wildman–Crippen LogP) is 16.5. The quantitative estimate of drug-likeness (QED) is 0.115. The van der Waals surface area contributed by atoms with E-state index in [1.54, 1.807) is 5.57 Å². The van der Waals surface area contributed by atoms with Crippen LogP contribution >= 0.6 is 0 Å². The molecule has 4 atom stereocenters. The van der Waals surface area contributed by atoms with Crippen LogP contribution in [0.1, 0.15) is 38.2 Å². The van der Waals surface area contributed by atoms with E-state index in [2.05, 4.69) is 223 Å². The Morgan fingerprint density at radius 2 is 1.13 bits per heavy atom. The molecule has 9 aromatic carbocycles. The molecule has 0 N–H and O–H groups in total. The van der Waals surface area contributed by atoms with Crippen molar-refractivity contribution in [1.29, 1.82) is 0 Å². The number of anilines is 3. The Hall–Kier alpha value is -7.16. The lowest BCUT2D eigenvalue weighted by Crippen LogP contribution is -2.40. The van der Waals surface area contributed by atoms with E-state index in [1.165, 1.54) is 103 Å². The Balaban J connectivity index is 0.936. The van der Waals surface area contributed by atoms with Gasteiger partial charge in [0.15, 0.2) is 0 Å². The Bertz CT molecular complexity index is 3390. The van der Waals surface area contributed by atoms with E-state index in [-0.39, 0.29) is 5.41 Å². The molecule has 10 aromatic rings. The number of nitrogens with zero attached hydrogens (tertiary/aromatic N) is 2. The van der Waals surface area contributed by atoms with Crippen molar-refractivity contribution >= 4 is 60.4 Å². The van der Waals surface area contributed by atoms with Crippen LogP contribution in [0.25, 0.3) is 71.3 Å². The van der Waals surface area contributed by atoms with Crippen molar-refractivity contribution < 1.29 is 0 Å². The number of rotatable bonds is 7. The summed E-state index contributed by atoms with van der Waals surface area (Å²) in [5.74, 6) is 2.37. The number of para-hydroxylation sites is 3. The van der Waals surface area contributed by atoms with Crippen molar-refractivity contribution in [2.24, 2.45) is 17.8 Å². The lowest BCUT2D eigenvalue weighted by molar-refractivity contribution is 0.188. The zero-order valence-electron chi connectivity index (χ0n) is 35.6. The fourth-order valence-corrected chi connectivity index (χ4v) is 12.5. The molecule has 1 heterocycles. The molecule has 13 rings (SSSR count). The molecule has 0 amide bonds. The zero-order chi connectivity index (χ0) is 41.6. The third-order valence-corrected chi connectivity index (χ3v) is 15.0. The molecule has 0 radical (unpaired) electrons. The first-order valence-corrected chi connectivity index (χ1v) is 22.9. The highest BCUT2D eigenvalue weighted by Gasteiger charge is 2.53. The van der Waals surface area contributed by atoms with E-state index >= 15 is 0 Å². The highest BCUT2D eigenvalue weighted by molar-refractivity contribution is 6.15. The van der Waals surface area contributed by atoms with E-state index in [4.69, 9.17) is 0 Å². The monoisotopic (exact) mass is 808 g/mol. The van der Waals surface area contributed by atoms with Crippen molar-refractivity contribution in [3.05, 3.63) is 217 Å². The van der Waals surface area contributed by atoms with E-state index in [0.29, 0.717) is 0 Å². The van der Waals surface area contributed by atoms with Crippen LogP contribution in [0.2, 0.25) is 0 Å². The van der Waals surface area contributed by atoms with Gasteiger partial charge < -0.3 is 9.47 Å². The molecule has 2 bridgehead atoms. The Labute approximate surface area is 369 Å². The van der Waals surface area contributed by atoms with Crippen LogP contribution in [0.3, 0.4) is 0 Å². The largest absolute Gasteiger partial charge is 0.310 e. The minimum Gasteiger partial charge on any atom is -0.310 e. The molecular weight excluding hydrogens is 761 g/mol. The van der Waals surface area contributed by atoms with Gasteiger partial charge in [0.1, 0.15) is 0 Å². The molecule has 0 aliphatic heterocycles. The van der Waals surface area contributed by atoms with Gasteiger partial charge in [0, 0.05) is 38.5 Å². The second-order valence-corrected chi connectivity index (χ2v) is 18.7. The molecule has 3 aliphatic rings. The molecule has 3 aliphatic carbocycles. The first kappa shape index (κ1) is 36.5. The average molecular weight is 809 g/mol. The summed E-state index contributed by atoms with van der Waals surface area (Å²) in [6.45, 7) is 2.48. The fraction of sp³-hybridized carbons (Fsp3) is 0.148. The van der Waals surface area contributed by atoms with Gasteiger partial charge in [0.2, 0.25) is 0 Å². The predicted molar refractivity (Wildman–Crippen MR) is 266 cm³/mol. The smallest absolute Gasteiger partial charge is 0.0546 e. The molecule has 302 valence electrons. The van der Waals surface area contributed by atoms with Crippen molar-refractivity contribution in [1.82, 2.24) is 4.57 Å². The summed E-state index contributed by atoms with van der Waals surface area (Å²) in [6, 6.07) is 74.6. The summed E-state index contributed by atoms with van der Waals surface area (Å²) in [5, 5.41) is 7.50. The van der Waals surface area contributed by atoms with Crippen LogP contribution in [0.5, 0.6) is 0 Å². The minimum atomic E-state index is 0.259. The van der Waals surface area contributed by atoms with Crippen LogP contribution in [0, 0.1) is 17.8 Å². The van der Waals surface area contributed by atoms with Crippen molar-refractivity contribution in [3.63, 3.8) is 0 Å². The summed E-state index contributed by atoms with van der Waals surface area (Å²) in [5.41, 5.74) is 15.4. The second-order valence-electron chi connectivity index (χ2n) is 18.7. The maximum absolute atomic E-state index is 2.66. The topological polar surface area (TPSA) is 8.17 Å². The molecule has 1 unspecified atom stereocenters. The molecule has 1 aromatic heterocycles. The third-order valence-electron chi connectivity index (χ3n) is 15.0. The average Bonchev–Trinajstić information content (AvgIpc) is 4.03. The summed E-state index contributed by atoms with van der Waals surface area (Å²) < 4.78 is 2.44. The van der Waals surface area contributed by atoms with Gasteiger partial charge in [0.25, 0.3) is 0 Å². The molecule has 1 fully saturated rings. The zero-order valence-corrected chi connectivity index (χ0v) is 35.6. The number of fused-ring (bicyclic) bond motifs is 7. The van der Waals surface area contributed by atoms with Crippen molar-refractivity contribution in [2.75, 3.05) is 4.90 Å². The van der Waals surface area contributed by atoms with Gasteiger partial charge in [0.05, 0.1) is 22.4 Å². The van der Waals surface area contributed by atoms with Crippen LogP contribution < -0.4 is 4.90 Å². The standard InChI is InChI=1S/C61H48N2/c1-40-33-46-34-41-35-56(46)61(38-40,39-41)47-29-25-42(26-30-47)43-27-31-48(32-28-43)62(60-37-45-13-2-3-16-50(45)52-18-4-5-19-53(52)60)49-15-12-14-44(36-49)51-17-6-9-22-57(51)63-58-23-10-7-20-54(58)55-21-8-11-24-59(55)63/h2-32,35-37,40-41,46H,33-34,38-39H2,1H3/t40-,41+,46+,61?/m0/s1. The van der Waals surface area contributed by atoms with Gasteiger partial charge in [-0.2, -0.15) is 0 Å². The summed E-state index contributed by atoms with van der Waals surface area (Å²) in [7, 11) is 0. The second kappa shape index (κ2) is 14.2. The molecule has 1 saturated carbocycles. The number of allylic oxidation sites excluding steroid dienone is 2. The first-order chi connectivity index (χ1) is 31.1. The van der Waals surface area contributed by atoms with E-state index in [9.17, 15) is 0 Å². The molecule has 0 saturated heterocycles. The Morgan fingerprint density at radius 1 is 0.492 bits per heavy atom. The van der Waals surface area contributed by atoms with Crippen molar-refractivity contribution in [3.8, 4) is 27.9 Å². The molecule has 0 spiro atoms. The van der Waals surface area contributed by atoms with Crippen LogP contribution in [0.15, 0.2) is 212 Å². The fourth-order valence-electron chi connectivity index (χ4n) is 12.5. The number of hydrogen-bond donors (Lipinski definition) is 0. The molecular formula is C61H48N2. The van der Waals surface area contributed by atoms with Crippen LogP contribution in [0.4, 0.5) is 17.1 Å². The van der Waals surface area contributed by atoms with Gasteiger partial charge in [-0.05, 0) is 130 Å². The van der Waals surface area contributed by atoms with Gasteiger partial charge >= 0.3 is 0 Å². The van der Waals surface area contributed by atoms with Gasteiger partial charge in [-0.1, -0.05) is 170 Å². The van der Waals surface area contributed by atoms with Gasteiger partial charge in [-0.25, -0.2) is 0 Å². The maximum Gasteiger partial charge on any atom is 0.0546 e. The Morgan fingerprint density at radius 3 is 1.87 bits per heavy atom. The molecule has 2 heteroatoms. The summed E-state index contributed by atoms with van der Waals surface area (Å²) >= 11 is 0. The number of benzene rings is 9.